The van der Waals surface area contributed by atoms with E-state index in [1.54, 1.807) is 0 Å². The Morgan fingerprint density at radius 3 is 1.14 bits per heavy atom. The maximum absolute atomic E-state index is 7.23. The van der Waals surface area contributed by atoms with Crippen molar-refractivity contribution in [3.05, 3.63) is 125 Å². The van der Waals surface area contributed by atoms with Crippen molar-refractivity contribution in [3.63, 3.8) is 0 Å². The summed E-state index contributed by atoms with van der Waals surface area (Å²) >= 11 is 0. The van der Waals surface area contributed by atoms with Crippen LogP contribution in [0.2, 0.25) is 0 Å². The molecule has 2 aliphatic rings. The third-order valence-corrected chi connectivity index (χ3v) is 14.9. The van der Waals surface area contributed by atoms with Crippen LogP contribution in [-0.2, 0) is 21.7 Å². The lowest BCUT2D eigenvalue weighted by molar-refractivity contribution is 0.470. The molecular weight excluding hydrogens is 767 g/mol. The maximum atomic E-state index is 7.23. The first-order valence-electron chi connectivity index (χ1n) is 22.9. The summed E-state index contributed by atoms with van der Waals surface area (Å²) in [5.74, 6) is 3.64. The Hall–Kier alpha value is -6.20. The average Bonchev–Trinajstić information content (AvgIpc) is 3.95. The number of rotatable bonds is 0. The fourth-order valence-electron chi connectivity index (χ4n) is 11.4. The molecule has 0 fully saturated rings. The van der Waals surface area contributed by atoms with E-state index in [1.807, 2.05) is 0 Å². The molecule has 0 amide bonds. The molecule has 0 N–H and O–H groups in total. The van der Waals surface area contributed by atoms with E-state index in [2.05, 4.69) is 195 Å². The number of fused-ring (bicyclic) bond motifs is 18. The first-order chi connectivity index (χ1) is 29.8. The Bertz CT molecular complexity index is 3590. The molecule has 0 radical (unpaired) electrons. The van der Waals surface area contributed by atoms with Gasteiger partial charge in [-0.3, -0.25) is 0 Å². The highest BCUT2D eigenvalue weighted by Crippen LogP contribution is 2.50. The minimum atomic E-state index is -0.0704. The summed E-state index contributed by atoms with van der Waals surface area (Å²) in [6.07, 6.45) is 0. The average molecular weight is 821 g/mol. The van der Waals surface area contributed by atoms with Crippen LogP contribution in [0.4, 0.5) is 0 Å². The van der Waals surface area contributed by atoms with Crippen LogP contribution in [0, 0.1) is 0 Å². The topological polar surface area (TPSA) is 27.3 Å². The Labute approximate surface area is 369 Å². The number of nitrogens with zero attached hydrogens (tertiary/aromatic N) is 2. The fourth-order valence-corrected chi connectivity index (χ4v) is 11.4. The molecule has 11 aromatic rings. The van der Waals surface area contributed by atoms with E-state index in [-0.39, 0.29) is 28.4 Å². The van der Waals surface area contributed by atoms with Gasteiger partial charge in [0.25, 0.3) is 6.71 Å². The van der Waals surface area contributed by atoms with Crippen LogP contribution in [0.1, 0.15) is 105 Å². The van der Waals surface area contributed by atoms with Crippen molar-refractivity contribution >= 4 is 99.3 Å². The van der Waals surface area contributed by atoms with Crippen molar-refractivity contribution in [3.8, 4) is 23.0 Å². The van der Waals surface area contributed by atoms with Gasteiger partial charge < -0.3 is 18.3 Å². The molecule has 4 nitrogen and oxygen atoms in total. The molecule has 310 valence electrons. The van der Waals surface area contributed by atoms with Gasteiger partial charge in [0.1, 0.15) is 23.0 Å². The van der Waals surface area contributed by atoms with Gasteiger partial charge in [-0.1, -0.05) is 113 Å². The van der Waals surface area contributed by atoms with Crippen LogP contribution in [-0.4, -0.2) is 15.5 Å². The van der Waals surface area contributed by atoms with E-state index in [9.17, 15) is 0 Å². The predicted octanol–water partition coefficient (Wildman–Crippen LogP) is 13.9. The zero-order chi connectivity index (χ0) is 43.6. The van der Waals surface area contributed by atoms with Gasteiger partial charge in [-0.2, -0.15) is 0 Å². The highest BCUT2D eigenvalue weighted by atomic mass is 16.5. The van der Waals surface area contributed by atoms with Gasteiger partial charge in [0.05, 0.1) is 43.9 Å². The first-order valence-corrected chi connectivity index (χ1v) is 22.9. The molecule has 13 rings (SSSR count). The third-order valence-electron chi connectivity index (χ3n) is 14.9. The molecule has 63 heavy (non-hydrogen) atoms. The third kappa shape index (κ3) is 4.78. The minimum absolute atomic E-state index is 0.0452. The zero-order valence-corrected chi connectivity index (χ0v) is 38.6. The molecule has 2 aliphatic heterocycles. The van der Waals surface area contributed by atoms with Gasteiger partial charge in [-0.05, 0) is 128 Å². The molecule has 0 atom stereocenters. The van der Waals surface area contributed by atoms with Gasteiger partial charge >= 0.3 is 0 Å². The normalized spacial score (nSPS) is 14.6. The van der Waals surface area contributed by atoms with E-state index < -0.39 is 0 Å². The van der Waals surface area contributed by atoms with E-state index in [1.165, 1.54) is 109 Å². The first kappa shape index (κ1) is 37.4. The summed E-state index contributed by atoms with van der Waals surface area (Å²) in [6.45, 7) is 27.7. The molecule has 5 heteroatoms. The molecule has 0 saturated carbocycles. The summed E-state index contributed by atoms with van der Waals surface area (Å²) in [7, 11) is 0. The van der Waals surface area contributed by atoms with Gasteiger partial charge in [0.15, 0.2) is 0 Å². The largest absolute Gasteiger partial charge is 0.458 e. The lowest BCUT2D eigenvalue weighted by atomic mass is 9.34. The van der Waals surface area contributed by atoms with Crippen molar-refractivity contribution < 1.29 is 9.47 Å². The van der Waals surface area contributed by atoms with Gasteiger partial charge in [0.2, 0.25) is 0 Å². The quantitative estimate of drug-likeness (QED) is 0.143. The lowest BCUT2D eigenvalue weighted by Crippen LogP contribution is -2.57. The second-order valence-corrected chi connectivity index (χ2v) is 23.0. The highest BCUT2D eigenvalue weighted by Gasteiger charge is 2.43. The highest BCUT2D eigenvalue weighted by molar-refractivity contribution is 6.98. The summed E-state index contributed by atoms with van der Waals surface area (Å²) in [6, 6.07) is 39.8. The number of benzene rings is 7. The van der Waals surface area contributed by atoms with E-state index in [4.69, 9.17) is 9.47 Å². The smallest absolute Gasteiger partial charge is 0.260 e. The fraction of sp³-hybridized carbons (Fsp3) is 0.276. The molecule has 4 aromatic heterocycles. The van der Waals surface area contributed by atoms with Crippen LogP contribution in [0.3, 0.4) is 0 Å². The van der Waals surface area contributed by atoms with E-state index in [0.717, 1.165) is 28.5 Å². The van der Waals surface area contributed by atoms with E-state index in [0.29, 0.717) is 0 Å². The van der Waals surface area contributed by atoms with Crippen molar-refractivity contribution in [1.29, 1.82) is 0 Å². The van der Waals surface area contributed by atoms with Crippen LogP contribution in [0.5, 0.6) is 23.0 Å². The van der Waals surface area contributed by atoms with Crippen LogP contribution in [0.15, 0.2) is 103 Å². The molecule has 0 aliphatic carbocycles. The number of hydrogen-bond acceptors (Lipinski definition) is 2. The van der Waals surface area contributed by atoms with Crippen molar-refractivity contribution in [1.82, 2.24) is 8.80 Å². The van der Waals surface area contributed by atoms with Crippen molar-refractivity contribution in [2.75, 3.05) is 0 Å². The van der Waals surface area contributed by atoms with Crippen LogP contribution < -0.4 is 25.9 Å². The minimum Gasteiger partial charge on any atom is -0.458 e. The number of ether oxygens (including phenoxy) is 2. The van der Waals surface area contributed by atoms with E-state index >= 15 is 0 Å². The van der Waals surface area contributed by atoms with Crippen molar-refractivity contribution in [2.45, 2.75) is 105 Å². The molecule has 6 heterocycles. The standard InChI is InChI=1S/C58H53BN2O2/c1-55(2,3)30-16-20-42-34(24-30)36-26-32(57(7,8)9)28-38-48-44(60(42)51(36)38)22-18-40-53(48)62-46-14-13-15-47-50(46)59(40)41-19-23-45-49(54(41)63-47)39-29-33(58(10,11)12)27-37-35-25-31(56(4,5)6)17-21-43(35)61(45)52(37)39/h13-29H,1-12H3. The number of aromatic nitrogens is 2. The molecule has 0 spiro atoms. The number of hydrogen-bond donors (Lipinski definition) is 0. The Morgan fingerprint density at radius 1 is 0.381 bits per heavy atom. The zero-order valence-electron chi connectivity index (χ0n) is 38.6. The summed E-state index contributed by atoms with van der Waals surface area (Å²) in [5.41, 5.74) is 16.2. The summed E-state index contributed by atoms with van der Waals surface area (Å²) in [4.78, 5) is 0. The Kier molecular flexibility index (Phi) is 6.81. The Balaban J connectivity index is 1.12. The van der Waals surface area contributed by atoms with Crippen LogP contribution in [0.25, 0.3) is 76.2 Å². The molecule has 0 bridgehead atoms. The van der Waals surface area contributed by atoms with Gasteiger partial charge in [-0.25, -0.2) is 0 Å². The van der Waals surface area contributed by atoms with Gasteiger partial charge in [0, 0.05) is 37.8 Å². The van der Waals surface area contributed by atoms with Crippen LogP contribution >= 0.6 is 0 Å². The SMILES string of the molecule is CC(C)(C)c1ccc2c(c1)c1cc(C(C)(C)C)cc3c4c5c(ccc4n2c13)B1c2ccc3c(c2Oc2cccc(c21)O5)c1cc(C(C)(C)C)cc2c4cc(C(C)(C)C)ccc4n3c21. The Morgan fingerprint density at radius 2 is 0.746 bits per heavy atom. The summed E-state index contributed by atoms with van der Waals surface area (Å²) < 4.78 is 19.5. The molecule has 0 saturated heterocycles. The summed E-state index contributed by atoms with van der Waals surface area (Å²) in [5, 5.41) is 10.1. The predicted molar refractivity (Wildman–Crippen MR) is 268 cm³/mol. The molecular formula is C58H53BN2O2. The van der Waals surface area contributed by atoms with Crippen molar-refractivity contribution in [2.24, 2.45) is 0 Å². The lowest BCUT2D eigenvalue weighted by Gasteiger charge is -2.33. The maximum Gasteiger partial charge on any atom is 0.260 e. The molecule has 0 unspecified atom stereocenters. The molecule has 7 aromatic carbocycles. The second-order valence-electron chi connectivity index (χ2n) is 23.0. The second kappa shape index (κ2) is 11.5. The van der Waals surface area contributed by atoms with Gasteiger partial charge in [-0.15, -0.1) is 0 Å². The monoisotopic (exact) mass is 820 g/mol.